The molecule has 7 nitrogen and oxygen atoms in total. The van der Waals surface area contributed by atoms with Crippen LogP contribution in [-0.2, 0) is 16.0 Å². The summed E-state index contributed by atoms with van der Waals surface area (Å²) in [6.45, 7) is 2.37. The summed E-state index contributed by atoms with van der Waals surface area (Å²) in [4.78, 5) is 38.2. The highest BCUT2D eigenvalue weighted by molar-refractivity contribution is 6.09. The fourth-order valence-corrected chi connectivity index (χ4v) is 3.75. The van der Waals surface area contributed by atoms with Crippen LogP contribution in [0.2, 0.25) is 0 Å². The zero-order chi connectivity index (χ0) is 19.4. The second-order valence-corrected chi connectivity index (χ2v) is 7.53. The Labute approximate surface area is 159 Å². The largest absolute Gasteiger partial charge is 0.497 e. The van der Waals surface area contributed by atoms with Crippen LogP contribution < -0.4 is 15.4 Å². The Balaban J connectivity index is 1.48. The third-order valence-corrected chi connectivity index (χ3v) is 5.57. The summed E-state index contributed by atoms with van der Waals surface area (Å²) in [7, 11) is 1.61. The summed E-state index contributed by atoms with van der Waals surface area (Å²) in [6, 6.07) is 7.16. The van der Waals surface area contributed by atoms with E-state index in [1.54, 1.807) is 7.11 Å². The van der Waals surface area contributed by atoms with Crippen molar-refractivity contribution in [2.75, 3.05) is 20.2 Å². The monoisotopic (exact) mass is 373 g/mol. The molecule has 0 bridgehead atoms. The van der Waals surface area contributed by atoms with Crippen molar-refractivity contribution in [3.8, 4) is 5.75 Å². The molecule has 3 rings (SSSR count). The summed E-state index contributed by atoms with van der Waals surface area (Å²) in [5, 5.41) is 5.62. The average molecular weight is 373 g/mol. The zero-order valence-corrected chi connectivity index (χ0v) is 15.9. The number of amides is 4. The molecule has 1 aromatic rings. The van der Waals surface area contributed by atoms with E-state index in [1.165, 1.54) is 0 Å². The summed E-state index contributed by atoms with van der Waals surface area (Å²) in [5.74, 6) is 0.765. The first-order valence-electron chi connectivity index (χ1n) is 9.47. The summed E-state index contributed by atoms with van der Waals surface area (Å²) >= 11 is 0. The molecule has 1 aliphatic heterocycles. The molecule has 2 N–H and O–H groups in total. The van der Waals surface area contributed by atoms with Gasteiger partial charge in [0.2, 0.25) is 5.91 Å². The molecular weight excluding hydrogens is 346 g/mol. The Morgan fingerprint density at radius 2 is 1.93 bits per heavy atom. The number of hydrogen-bond donors (Lipinski definition) is 2. The van der Waals surface area contributed by atoms with Gasteiger partial charge in [0.1, 0.15) is 17.8 Å². The number of nitrogens with zero attached hydrogens (tertiary/aromatic N) is 1. The SMILES string of the molecule is COc1ccc(CCNC(=O)CN2C(=O)NC3(CCC(C)CC3)C2=O)cc1. The van der Waals surface area contributed by atoms with Gasteiger partial charge in [-0.15, -0.1) is 0 Å². The van der Waals surface area contributed by atoms with Crippen LogP contribution in [0, 0.1) is 5.92 Å². The molecule has 1 saturated carbocycles. The van der Waals surface area contributed by atoms with Crippen LogP contribution >= 0.6 is 0 Å². The molecule has 2 fully saturated rings. The number of rotatable bonds is 6. The minimum absolute atomic E-state index is 0.232. The summed E-state index contributed by atoms with van der Waals surface area (Å²) < 4.78 is 5.11. The predicted octanol–water partition coefficient (Wildman–Crippen LogP) is 1.85. The number of benzene rings is 1. The molecule has 146 valence electrons. The number of carbonyl (C=O) groups is 3. The van der Waals surface area contributed by atoms with E-state index in [1.807, 2.05) is 24.3 Å². The lowest BCUT2D eigenvalue weighted by atomic mass is 9.77. The third-order valence-electron chi connectivity index (χ3n) is 5.57. The molecule has 1 aromatic carbocycles. The topological polar surface area (TPSA) is 87.7 Å². The van der Waals surface area contributed by atoms with Crippen LogP contribution in [0.5, 0.6) is 5.75 Å². The Bertz CT molecular complexity index is 708. The fourth-order valence-electron chi connectivity index (χ4n) is 3.75. The van der Waals surface area contributed by atoms with Gasteiger partial charge in [-0.3, -0.25) is 14.5 Å². The van der Waals surface area contributed by atoms with Crippen molar-refractivity contribution in [2.45, 2.75) is 44.6 Å². The zero-order valence-electron chi connectivity index (χ0n) is 15.9. The van der Waals surface area contributed by atoms with Crippen molar-refractivity contribution >= 4 is 17.8 Å². The van der Waals surface area contributed by atoms with Crippen LogP contribution in [-0.4, -0.2) is 48.5 Å². The van der Waals surface area contributed by atoms with Gasteiger partial charge >= 0.3 is 6.03 Å². The lowest BCUT2D eigenvalue weighted by Crippen LogP contribution is -2.50. The second kappa shape index (κ2) is 7.98. The van der Waals surface area contributed by atoms with E-state index >= 15 is 0 Å². The number of imide groups is 1. The molecule has 7 heteroatoms. The van der Waals surface area contributed by atoms with Gasteiger partial charge in [-0.1, -0.05) is 19.1 Å². The van der Waals surface area contributed by atoms with Crippen molar-refractivity contribution in [1.82, 2.24) is 15.5 Å². The minimum Gasteiger partial charge on any atom is -0.497 e. The normalized spacial score (nSPS) is 24.8. The van der Waals surface area contributed by atoms with Crippen LogP contribution in [0.3, 0.4) is 0 Å². The van der Waals surface area contributed by atoms with Crippen molar-refractivity contribution in [3.05, 3.63) is 29.8 Å². The molecule has 0 aromatic heterocycles. The summed E-state index contributed by atoms with van der Waals surface area (Å²) in [6.07, 6.45) is 3.78. The molecule has 0 radical (unpaired) electrons. The number of nitrogens with one attached hydrogen (secondary N) is 2. The maximum atomic E-state index is 12.7. The van der Waals surface area contributed by atoms with Crippen LogP contribution in [0.4, 0.5) is 4.79 Å². The lowest BCUT2D eigenvalue weighted by Gasteiger charge is -2.33. The van der Waals surface area contributed by atoms with E-state index in [0.29, 0.717) is 31.7 Å². The van der Waals surface area contributed by atoms with Gasteiger partial charge in [-0.05, 0) is 55.7 Å². The summed E-state index contributed by atoms with van der Waals surface area (Å²) in [5.41, 5.74) is 0.272. The second-order valence-electron chi connectivity index (χ2n) is 7.53. The molecular formula is C20H27N3O4. The van der Waals surface area contributed by atoms with Gasteiger partial charge in [0.15, 0.2) is 0 Å². The molecule has 2 aliphatic rings. The Kier molecular flexibility index (Phi) is 5.68. The van der Waals surface area contributed by atoms with Crippen molar-refractivity contribution in [1.29, 1.82) is 0 Å². The van der Waals surface area contributed by atoms with Crippen molar-refractivity contribution < 1.29 is 19.1 Å². The van der Waals surface area contributed by atoms with E-state index in [4.69, 9.17) is 4.74 Å². The molecule has 1 spiro atoms. The van der Waals surface area contributed by atoms with Crippen LogP contribution in [0.15, 0.2) is 24.3 Å². The molecule has 1 aliphatic carbocycles. The highest BCUT2D eigenvalue weighted by Crippen LogP contribution is 2.36. The Hall–Kier alpha value is -2.57. The molecule has 1 heterocycles. The first-order chi connectivity index (χ1) is 12.9. The molecule has 1 saturated heterocycles. The number of carbonyl (C=O) groups excluding carboxylic acids is 3. The van der Waals surface area contributed by atoms with E-state index in [-0.39, 0.29) is 18.4 Å². The van der Waals surface area contributed by atoms with E-state index < -0.39 is 11.6 Å². The Morgan fingerprint density at radius 3 is 2.56 bits per heavy atom. The molecule has 0 atom stereocenters. The van der Waals surface area contributed by atoms with E-state index in [2.05, 4.69) is 17.6 Å². The number of methoxy groups -OCH3 is 1. The molecule has 4 amide bonds. The van der Waals surface area contributed by atoms with Gasteiger partial charge < -0.3 is 15.4 Å². The fraction of sp³-hybridized carbons (Fsp3) is 0.550. The van der Waals surface area contributed by atoms with Gasteiger partial charge in [0, 0.05) is 6.54 Å². The van der Waals surface area contributed by atoms with Crippen molar-refractivity contribution in [2.24, 2.45) is 5.92 Å². The highest BCUT2D eigenvalue weighted by atomic mass is 16.5. The number of hydrogen-bond acceptors (Lipinski definition) is 4. The number of urea groups is 1. The first-order valence-corrected chi connectivity index (χ1v) is 9.47. The lowest BCUT2D eigenvalue weighted by molar-refractivity contribution is -0.136. The predicted molar refractivity (Wildman–Crippen MR) is 100 cm³/mol. The van der Waals surface area contributed by atoms with Gasteiger partial charge in [0.25, 0.3) is 5.91 Å². The highest BCUT2D eigenvalue weighted by Gasteiger charge is 2.52. The van der Waals surface area contributed by atoms with Crippen LogP contribution in [0.1, 0.15) is 38.2 Å². The molecule has 27 heavy (non-hydrogen) atoms. The van der Waals surface area contributed by atoms with Gasteiger partial charge in [-0.25, -0.2) is 4.79 Å². The number of ether oxygens (including phenoxy) is 1. The average Bonchev–Trinajstić information content (AvgIpc) is 2.89. The standard InChI is InChI=1S/C20H27N3O4/c1-14-7-10-20(11-8-14)18(25)23(19(26)22-20)13-17(24)21-12-9-15-3-5-16(27-2)6-4-15/h3-6,14H,7-13H2,1-2H3,(H,21,24)(H,22,26). The van der Waals surface area contributed by atoms with Gasteiger partial charge in [0.05, 0.1) is 7.11 Å². The van der Waals surface area contributed by atoms with E-state index in [0.717, 1.165) is 29.1 Å². The first kappa shape index (κ1) is 19.2. The maximum Gasteiger partial charge on any atom is 0.325 e. The smallest absolute Gasteiger partial charge is 0.325 e. The minimum atomic E-state index is -0.799. The van der Waals surface area contributed by atoms with Crippen LogP contribution in [0.25, 0.3) is 0 Å². The quantitative estimate of drug-likeness (QED) is 0.745. The van der Waals surface area contributed by atoms with Gasteiger partial charge in [-0.2, -0.15) is 0 Å². The Morgan fingerprint density at radius 1 is 1.26 bits per heavy atom. The van der Waals surface area contributed by atoms with Crippen molar-refractivity contribution in [3.63, 3.8) is 0 Å². The van der Waals surface area contributed by atoms with E-state index in [9.17, 15) is 14.4 Å². The maximum absolute atomic E-state index is 12.7. The molecule has 0 unspecified atom stereocenters. The third kappa shape index (κ3) is 4.23.